The molecule has 0 aliphatic rings. The Labute approximate surface area is 331 Å². The smallest absolute Gasteiger partial charge is 0.343 e. The van der Waals surface area contributed by atoms with Crippen molar-refractivity contribution in [2.24, 2.45) is 0 Å². The fourth-order valence-corrected chi connectivity index (χ4v) is 7.37. The van der Waals surface area contributed by atoms with Crippen LogP contribution in [-0.2, 0) is 38.8 Å². The van der Waals surface area contributed by atoms with Crippen LogP contribution in [0.15, 0.2) is 0 Å². The van der Waals surface area contributed by atoms with Gasteiger partial charge >= 0.3 is 20.8 Å². The maximum absolute atomic E-state index is 13.0. The minimum absolute atomic E-state index is 0.0939. The second-order valence-corrected chi connectivity index (χ2v) is 17.1. The van der Waals surface area contributed by atoms with E-state index >= 15 is 0 Å². The summed E-state index contributed by atoms with van der Waals surface area (Å²) in [6, 6.07) is 0. The predicted octanol–water partition coefficient (Wildman–Crippen LogP) is 10.0. The Kier molecular flexibility index (Phi) is 35.2. The highest BCUT2D eigenvalue weighted by molar-refractivity contribution is 7.81. The number of unbranched alkanes of at least 4 members (excludes halogenated alkanes) is 23. The van der Waals surface area contributed by atoms with Crippen molar-refractivity contribution in [2.75, 3.05) is 39.4 Å². The maximum atomic E-state index is 13.0. The van der Waals surface area contributed by atoms with E-state index in [-0.39, 0.29) is 25.0 Å². The number of amides is 2. The van der Waals surface area contributed by atoms with Crippen LogP contribution in [0.1, 0.15) is 206 Å². The molecule has 0 aromatic rings. The molecule has 0 rings (SSSR count). The van der Waals surface area contributed by atoms with E-state index in [0.717, 1.165) is 89.9 Å². The zero-order valence-corrected chi connectivity index (χ0v) is 36.0. The summed E-state index contributed by atoms with van der Waals surface area (Å²) in [5, 5.41) is 0. The van der Waals surface area contributed by atoms with Crippen molar-refractivity contribution in [1.82, 2.24) is 9.80 Å². The normalized spacial score (nSPS) is 12.0. The van der Waals surface area contributed by atoms with Crippen molar-refractivity contribution in [3.8, 4) is 0 Å². The van der Waals surface area contributed by atoms with Gasteiger partial charge in [-0.2, -0.15) is 16.8 Å². The Morgan fingerprint density at radius 3 is 0.907 bits per heavy atom. The molecule has 0 unspecified atom stereocenters. The first-order valence-corrected chi connectivity index (χ1v) is 24.4. The number of hydrogen-bond acceptors (Lipinski definition) is 8. The minimum Gasteiger partial charge on any atom is -0.343 e. The van der Waals surface area contributed by atoms with Crippen molar-refractivity contribution >= 4 is 32.6 Å². The first kappa shape index (κ1) is 52.7. The molecule has 0 fully saturated rings. The molecule has 0 atom stereocenters. The summed E-state index contributed by atoms with van der Waals surface area (Å²) in [5.41, 5.74) is 0. The zero-order valence-electron chi connectivity index (χ0n) is 34.3. The lowest BCUT2D eigenvalue weighted by atomic mass is 10.1. The molecule has 2 N–H and O–H groups in total. The molecule has 0 spiro atoms. The van der Waals surface area contributed by atoms with E-state index in [0.29, 0.717) is 51.9 Å². The highest BCUT2D eigenvalue weighted by Gasteiger charge is 2.15. The first-order valence-electron chi connectivity index (χ1n) is 21.7. The zero-order chi connectivity index (χ0) is 40.2. The molecule has 0 bridgehead atoms. The molecular formula is C40H80N2O10S2. The number of rotatable bonds is 41. The molecule has 12 nitrogen and oxygen atoms in total. The van der Waals surface area contributed by atoms with Crippen molar-refractivity contribution in [1.29, 1.82) is 0 Å². The van der Waals surface area contributed by atoms with Crippen LogP contribution in [0.5, 0.6) is 0 Å². The van der Waals surface area contributed by atoms with Crippen LogP contribution >= 0.6 is 0 Å². The highest BCUT2D eigenvalue weighted by Crippen LogP contribution is 2.15. The Bertz CT molecular complexity index is 1020. The van der Waals surface area contributed by atoms with E-state index in [1.807, 2.05) is 9.80 Å². The molecule has 0 radical (unpaired) electrons. The van der Waals surface area contributed by atoms with Gasteiger partial charge in [0, 0.05) is 39.0 Å². The van der Waals surface area contributed by atoms with Gasteiger partial charge in [-0.25, -0.2) is 8.37 Å². The van der Waals surface area contributed by atoms with E-state index in [1.54, 1.807) is 0 Å². The monoisotopic (exact) mass is 813 g/mol. The third kappa shape index (κ3) is 37.6. The van der Waals surface area contributed by atoms with Gasteiger partial charge in [-0.1, -0.05) is 155 Å². The van der Waals surface area contributed by atoms with Crippen LogP contribution in [0.25, 0.3) is 0 Å². The van der Waals surface area contributed by atoms with E-state index in [4.69, 9.17) is 9.11 Å². The van der Waals surface area contributed by atoms with Crippen LogP contribution < -0.4 is 0 Å². The van der Waals surface area contributed by atoms with Crippen LogP contribution in [0.4, 0.5) is 0 Å². The largest absolute Gasteiger partial charge is 0.397 e. The molecule has 322 valence electrons. The van der Waals surface area contributed by atoms with Crippen LogP contribution in [-0.4, -0.2) is 86.9 Å². The van der Waals surface area contributed by atoms with E-state index in [9.17, 15) is 26.4 Å². The van der Waals surface area contributed by atoms with Gasteiger partial charge in [0.05, 0.1) is 13.2 Å². The summed E-state index contributed by atoms with van der Waals surface area (Å²) in [6.45, 7) is 6.17. The van der Waals surface area contributed by atoms with Crippen molar-refractivity contribution in [2.45, 2.75) is 206 Å². The van der Waals surface area contributed by atoms with Crippen molar-refractivity contribution < 1.29 is 43.9 Å². The van der Waals surface area contributed by atoms with Gasteiger partial charge in [0.2, 0.25) is 11.8 Å². The fraction of sp³-hybridized carbons (Fsp3) is 0.950. The summed E-state index contributed by atoms with van der Waals surface area (Å²) >= 11 is 0. The fourth-order valence-electron chi connectivity index (χ4n) is 6.72. The van der Waals surface area contributed by atoms with Gasteiger partial charge in [0.1, 0.15) is 0 Å². The van der Waals surface area contributed by atoms with Gasteiger partial charge < -0.3 is 9.80 Å². The lowest BCUT2D eigenvalue weighted by molar-refractivity contribution is -0.132. The molecule has 0 aromatic carbocycles. The second kappa shape index (κ2) is 36.0. The lowest BCUT2D eigenvalue weighted by Gasteiger charge is -2.23. The molecule has 0 aromatic heterocycles. The summed E-state index contributed by atoms with van der Waals surface area (Å²) in [4.78, 5) is 29.6. The van der Waals surface area contributed by atoms with Gasteiger partial charge in [-0.15, -0.1) is 0 Å². The Hall–Kier alpha value is -1.32. The molecular weight excluding hydrogens is 733 g/mol. The van der Waals surface area contributed by atoms with Crippen molar-refractivity contribution in [3.63, 3.8) is 0 Å². The second-order valence-electron chi connectivity index (χ2n) is 15.0. The molecule has 0 aliphatic heterocycles. The molecule has 0 heterocycles. The van der Waals surface area contributed by atoms with Crippen LogP contribution in [0, 0.1) is 0 Å². The number of hydrogen-bond donors (Lipinski definition) is 2. The summed E-state index contributed by atoms with van der Waals surface area (Å²) in [7, 11) is -8.97. The molecule has 0 saturated carbocycles. The third-order valence-corrected chi connectivity index (χ3v) is 10.8. The average Bonchev–Trinajstić information content (AvgIpc) is 3.11. The molecule has 0 aliphatic carbocycles. The maximum Gasteiger partial charge on any atom is 0.397 e. The van der Waals surface area contributed by atoms with Gasteiger partial charge in [0.15, 0.2) is 0 Å². The van der Waals surface area contributed by atoms with E-state index in [2.05, 4.69) is 22.2 Å². The summed E-state index contributed by atoms with van der Waals surface area (Å²) < 4.78 is 70.2. The van der Waals surface area contributed by atoms with Gasteiger partial charge in [-0.3, -0.25) is 18.7 Å². The lowest BCUT2D eigenvalue weighted by Crippen LogP contribution is -2.33. The first-order chi connectivity index (χ1) is 25.9. The quantitative estimate of drug-likeness (QED) is 0.0448. The number of carbonyl (C=O) groups is 2. The Morgan fingerprint density at radius 2 is 0.630 bits per heavy atom. The van der Waals surface area contributed by atoms with E-state index < -0.39 is 20.8 Å². The van der Waals surface area contributed by atoms with Gasteiger partial charge in [-0.05, 0) is 38.5 Å². The topological polar surface area (TPSA) is 168 Å². The summed E-state index contributed by atoms with van der Waals surface area (Å²) in [6.07, 6.45) is 31.0. The predicted molar refractivity (Wildman–Crippen MR) is 218 cm³/mol. The summed E-state index contributed by atoms with van der Waals surface area (Å²) in [5.74, 6) is 0.188. The number of carbonyl (C=O) groups excluding carboxylic acids is 2. The average molecular weight is 813 g/mol. The third-order valence-electron chi connectivity index (χ3n) is 9.91. The Balaban J connectivity index is 4.43. The molecule has 14 heteroatoms. The number of nitrogens with zero attached hydrogens (tertiary/aromatic N) is 2. The SMILES string of the molecule is CCCCCCCCCCCC(=O)N(CCCCCCCCCCN(CCCOS(=O)(=O)O)C(=O)CCCCCCCCCCC)CCCOS(=O)(=O)O. The van der Waals surface area contributed by atoms with Crippen LogP contribution in [0.2, 0.25) is 0 Å². The minimum atomic E-state index is -4.49. The molecule has 2 amide bonds. The molecule has 0 saturated heterocycles. The standard InChI is InChI=1S/C40H80N2O10S2/c1-3-5-7-9-11-13-17-21-25-31-39(43)41(35-29-37-51-53(45,46)47)33-27-23-19-15-16-20-24-28-34-42(36-30-38-52-54(48,49)50)40(44)32-26-22-18-14-12-10-8-6-4-2/h3-38H2,1-2H3,(H,45,46,47)(H,48,49,50). The van der Waals surface area contributed by atoms with E-state index in [1.165, 1.54) is 77.0 Å². The van der Waals surface area contributed by atoms with Crippen LogP contribution in [0.3, 0.4) is 0 Å². The Morgan fingerprint density at radius 1 is 0.389 bits per heavy atom. The van der Waals surface area contributed by atoms with Crippen molar-refractivity contribution in [3.05, 3.63) is 0 Å². The highest BCUT2D eigenvalue weighted by atomic mass is 32.3. The van der Waals surface area contributed by atoms with Gasteiger partial charge in [0.25, 0.3) is 0 Å². The molecule has 54 heavy (non-hydrogen) atoms.